The maximum absolute atomic E-state index is 3.71. The third kappa shape index (κ3) is 4.96. The summed E-state index contributed by atoms with van der Waals surface area (Å²) in [4.78, 5) is 2.50. The second-order valence-electron chi connectivity index (χ2n) is 5.35. The molecule has 1 rings (SSSR count). The largest absolute Gasteiger partial charge is 0.309 e. The molecule has 0 saturated carbocycles. The first-order chi connectivity index (χ1) is 9.12. The van der Waals surface area contributed by atoms with Gasteiger partial charge >= 0.3 is 0 Å². The Balaban J connectivity index is 2.91. The van der Waals surface area contributed by atoms with Gasteiger partial charge in [0.25, 0.3) is 0 Å². The molecule has 0 aliphatic heterocycles. The van der Waals surface area contributed by atoms with Crippen LogP contribution in [0.5, 0.6) is 0 Å². The second kappa shape index (κ2) is 8.34. The molecule has 1 atom stereocenters. The van der Waals surface area contributed by atoms with Crippen LogP contribution < -0.4 is 5.32 Å². The van der Waals surface area contributed by atoms with E-state index in [0.29, 0.717) is 6.04 Å². The molecule has 0 radical (unpaired) electrons. The van der Waals surface area contributed by atoms with Gasteiger partial charge in [0.1, 0.15) is 0 Å². The molecule has 1 N–H and O–H groups in total. The Kier molecular flexibility index (Phi) is 7.11. The summed E-state index contributed by atoms with van der Waals surface area (Å²) in [5.74, 6) is 0. The summed E-state index contributed by atoms with van der Waals surface area (Å²) in [5.41, 5.74) is 4.20. The molecule has 0 aliphatic carbocycles. The van der Waals surface area contributed by atoms with E-state index in [4.69, 9.17) is 0 Å². The molecule has 1 unspecified atom stereocenters. The lowest BCUT2D eigenvalue weighted by Crippen LogP contribution is -2.35. The molecule has 0 aliphatic rings. The van der Waals surface area contributed by atoms with Crippen molar-refractivity contribution in [2.75, 3.05) is 26.2 Å². The summed E-state index contributed by atoms with van der Waals surface area (Å²) in [5, 5.41) is 3.71. The Labute approximate surface area is 119 Å². The summed E-state index contributed by atoms with van der Waals surface area (Å²) in [6, 6.07) is 7.23. The van der Waals surface area contributed by atoms with Gasteiger partial charge in [-0.25, -0.2) is 0 Å². The van der Waals surface area contributed by atoms with Crippen LogP contribution in [-0.2, 0) is 0 Å². The molecule has 2 heteroatoms. The van der Waals surface area contributed by atoms with Crippen LogP contribution in [0, 0.1) is 13.8 Å². The Morgan fingerprint density at radius 1 is 1.11 bits per heavy atom. The molecule has 108 valence electrons. The van der Waals surface area contributed by atoms with E-state index in [9.17, 15) is 0 Å². The van der Waals surface area contributed by atoms with Crippen LogP contribution in [0.1, 0.15) is 49.9 Å². The molecule has 0 fully saturated rings. The van der Waals surface area contributed by atoms with Crippen LogP contribution in [0.15, 0.2) is 18.2 Å². The summed E-state index contributed by atoms with van der Waals surface area (Å²) < 4.78 is 0. The Morgan fingerprint density at radius 2 is 1.79 bits per heavy atom. The van der Waals surface area contributed by atoms with Crippen LogP contribution in [0.2, 0.25) is 0 Å². The lowest BCUT2D eigenvalue weighted by atomic mass is 9.98. The van der Waals surface area contributed by atoms with Crippen molar-refractivity contribution in [1.82, 2.24) is 10.2 Å². The van der Waals surface area contributed by atoms with Gasteiger partial charge in [0.05, 0.1) is 0 Å². The number of hydrogen-bond acceptors (Lipinski definition) is 2. The van der Waals surface area contributed by atoms with Gasteiger partial charge in [0.2, 0.25) is 0 Å². The van der Waals surface area contributed by atoms with E-state index in [-0.39, 0.29) is 0 Å². The Bertz CT molecular complexity index is 370. The van der Waals surface area contributed by atoms with Crippen LogP contribution in [0.25, 0.3) is 0 Å². The van der Waals surface area contributed by atoms with Gasteiger partial charge in [-0.1, -0.05) is 44.5 Å². The highest BCUT2D eigenvalue weighted by atomic mass is 15.1. The van der Waals surface area contributed by atoms with Crippen molar-refractivity contribution in [1.29, 1.82) is 0 Å². The third-order valence-corrected chi connectivity index (χ3v) is 3.79. The van der Waals surface area contributed by atoms with Crippen LogP contribution in [0.4, 0.5) is 0 Å². The summed E-state index contributed by atoms with van der Waals surface area (Å²) in [6.45, 7) is 15.5. The molecule has 1 aromatic rings. The standard InChI is InChI=1S/C17H30N2/c1-6-11-18-17(13-19(7-2)8-3)16-12-14(4)9-10-15(16)5/h9-10,12,17-18H,6-8,11,13H2,1-5H3. The minimum absolute atomic E-state index is 0.444. The summed E-state index contributed by atoms with van der Waals surface area (Å²) in [7, 11) is 0. The summed E-state index contributed by atoms with van der Waals surface area (Å²) >= 11 is 0. The van der Waals surface area contributed by atoms with Crippen LogP contribution in [-0.4, -0.2) is 31.1 Å². The number of likely N-dealkylation sites (N-methyl/N-ethyl adjacent to an activating group) is 1. The van der Waals surface area contributed by atoms with Gasteiger partial charge in [-0.05, 0) is 51.0 Å². The first-order valence-corrected chi connectivity index (χ1v) is 7.65. The number of aryl methyl sites for hydroxylation is 2. The highest BCUT2D eigenvalue weighted by molar-refractivity contribution is 5.33. The minimum atomic E-state index is 0.444. The molecular formula is C17H30N2. The monoisotopic (exact) mass is 262 g/mol. The first-order valence-electron chi connectivity index (χ1n) is 7.65. The van der Waals surface area contributed by atoms with Crippen molar-refractivity contribution < 1.29 is 0 Å². The molecule has 2 nitrogen and oxygen atoms in total. The van der Waals surface area contributed by atoms with E-state index in [1.54, 1.807) is 0 Å². The predicted molar refractivity (Wildman–Crippen MR) is 84.7 cm³/mol. The minimum Gasteiger partial charge on any atom is -0.309 e. The average Bonchev–Trinajstić information content (AvgIpc) is 2.42. The fourth-order valence-corrected chi connectivity index (χ4v) is 2.47. The van der Waals surface area contributed by atoms with Gasteiger partial charge in [0, 0.05) is 12.6 Å². The number of benzene rings is 1. The van der Waals surface area contributed by atoms with E-state index in [0.717, 1.165) is 26.2 Å². The fourth-order valence-electron chi connectivity index (χ4n) is 2.47. The van der Waals surface area contributed by atoms with Gasteiger partial charge in [-0.15, -0.1) is 0 Å². The van der Waals surface area contributed by atoms with Gasteiger partial charge in [-0.2, -0.15) is 0 Å². The molecule has 0 heterocycles. The van der Waals surface area contributed by atoms with Crippen molar-refractivity contribution in [3.63, 3.8) is 0 Å². The molecular weight excluding hydrogens is 232 g/mol. The van der Waals surface area contributed by atoms with E-state index < -0.39 is 0 Å². The number of nitrogens with one attached hydrogen (secondary N) is 1. The fraction of sp³-hybridized carbons (Fsp3) is 0.647. The highest BCUT2D eigenvalue weighted by Crippen LogP contribution is 2.20. The predicted octanol–water partition coefficient (Wildman–Crippen LogP) is 3.69. The molecule has 19 heavy (non-hydrogen) atoms. The van der Waals surface area contributed by atoms with Gasteiger partial charge in [0.15, 0.2) is 0 Å². The Morgan fingerprint density at radius 3 is 2.37 bits per heavy atom. The van der Waals surface area contributed by atoms with Gasteiger partial charge < -0.3 is 10.2 Å². The number of rotatable bonds is 8. The molecule has 0 saturated heterocycles. The zero-order valence-electron chi connectivity index (χ0n) is 13.3. The zero-order chi connectivity index (χ0) is 14.3. The normalized spacial score (nSPS) is 12.9. The highest BCUT2D eigenvalue weighted by Gasteiger charge is 2.15. The third-order valence-electron chi connectivity index (χ3n) is 3.79. The number of nitrogens with zero attached hydrogens (tertiary/aromatic N) is 1. The van der Waals surface area contributed by atoms with Crippen molar-refractivity contribution in [2.45, 2.75) is 47.1 Å². The Hall–Kier alpha value is -0.860. The van der Waals surface area contributed by atoms with Gasteiger partial charge in [-0.3, -0.25) is 0 Å². The maximum Gasteiger partial charge on any atom is 0.0452 e. The van der Waals surface area contributed by atoms with Crippen molar-refractivity contribution in [3.8, 4) is 0 Å². The lowest BCUT2D eigenvalue weighted by molar-refractivity contribution is 0.265. The van der Waals surface area contributed by atoms with Crippen LogP contribution in [0.3, 0.4) is 0 Å². The molecule has 0 bridgehead atoms. The average molecular weight is 262 g/mol. The first kappa shape index (κ1) is 16.2. The lowest BCUT2D eigenvalue weighted by Gasteiger charge is -2.28. The molecule has 0 amide bonds. The zero-order valence-corrected chi connectivity index (χ0v) is 13.3. The van der Waals surface area contributed by atoms with Crippen molar-refractivity contribution in [2.24, 2.45) is 0 Å². The number of hydrogen-bond donors (Lipinski definition) is 1. The van der Waals surface area contributed by atoms with E-state index in [1.807, 2.05) is 0 Å². The quantitative estimate of drug-likeness (QED) is 0.768. The smallest absolute Gasteiger partial charge is 0.0452 e. The molecule has 0 spiro atoms. The maximum atomic E-state index is 3.71. The van der Waals surface area contributed by atoms with Crippen molar-refractivity contribution in [3.05, 3.63) is 34.9 Å². The topological polar surface area (TPSA) is 15.3 Å². The second-order valence-corrected chi connectivity index (χ2v) is 5.35. The molecule has 0 aromatic heterocycles. The molecule has 1 aromatic carbocycles. The summed E-state index contributed by atoms with van der Waals surface area (Å²) in [6.07, 6.45) is 1.18. The van der Waals surface area contributed by atoms with E-state index in [2.05, 4.69) is 63.0 Å². The van der Waals surface area contributed by atoms with Crippen LogP contribution >= 0.6 is 0 Å². The SMILES string of the molecule is CCCNC(CN(CC)CC)c1cc(C)ccc1C. The van der Waals surface area contributed by atoms with Crippen molar-refractivity contribution >= 4 is 0 Å². The van der Waals surface area contributed by atoms with E-state index in [1.165, 1.54) is 23.1 Å². The van der Waals surface area contributed by atoms with E-state index >= 15 is 0 Å².